The van der Waals surface area contributed by atoms with Gasteiger partial charge in [-0.1, -0.05) is 31.7 Å². The highest BCUT2D eigenvalue weighted by Crippen LogP contribution is 2.51. The molecule has 124 valence electrons. The molecule has 0 spiro atoms. The van der Waals surface area contributed by atoms with Crippen LogP contribution in [0.15, 0.2) is 18.2 Å². The van der Waals surface area contributed by atoms with Crippen LogP contribution in [-0.2, 0) is 4.74 Å². The second-order valence-corrected chi connectivity index (χ2v) is 7.39. The number of carbonyl (C=O) groups excluding carboxylic acids is 1. The van der Waals surface area contributed by atoms with Gasteiger partial charge in [-0.05, 0) is 37.0 Å². The first kappa shape index (κ1) is 15.1. The van der Waals surface area contributed by atoms with Crippen molar-refractivity contribution in [3.63, 3.8) is 0 Å². The van der Waals surface area contributed by atoms with Gasteiger partial charge < -0.3 is 10.1 Å². The van der Waals surface area contributed by atoms with Gasteiger partial charge in [0.15, 0.2) is 0 Å². The Hall–Kier alpha value is -1.42. The average molecular weight is 317 g/mol. The van der Waals surface area contributed by atoms with E-state index in [2.05, 4.69) is 5.32 Å². The van der Waals surface area contributed by atoms with Crippen LogP contribution < -0.4 is 5.32 Å². The Bertz CT molecular complexity index is 607. The fourth-order valence-electron chi connectivity index (χ4n) is 4.89. The Balaban J connectivity index is 1.51. The third-order valence-electron chi connectivity index (χ3n) is 6.05. The number of fused-ring (bicyclic) bond motifs is 1. The van der Waals surface area contributed by atoms with E-state index in [1.807, 2.05) is 6.92 Å². The number of halogens is 1. The average Bonchev–Trinajstić information content (AvgIpc) is 3.15. The maximum Gasteiger partial charge on any atom is 0.254 e. The number of benzene rings is 1. The van der Waals surface area contributed by atoms with Crippen LogP contribution >= 0.6 is 0 Å². The summed E-state index contributed by atoms with van der Waals surface area (Å²) < 4.78 is 20.0. The largest absolute Gasteiger partial charge is 0.377 e. The molecule has 0 bridgehead atoms. The fraction of sp³-hybridized carbons (Fsp3) is 0.632. The summed E-state index contributed by atoms with van der Waals surface area (Å²) >= 11 is 0. The standard InChI is InChI=1S/C19H24FNO2/c1-11-6-7-13(15(20)10-11)19(22)21-17-14-8-9-23-18(14)16(17)12-4-2-3-5-12/h6-7,10,12,14,16-18H,2-5,8-9H2,1H3,(H,21,22)/t14-,16+,17+,18-/m1/s1. The molecule has 23 heavy (non-hydrogen) atoms. The van der Waals surface area contributed by atoms with Crippen LogP contribution in [0.1, 0.15) is 48.0 Å². The normalized spacial score (nSPS) is 33.3. The maximum absolute atomic E-state index is 14.1. The number of carbonyl (C=O) groups is 1. The third kappa shape index (κ3) is 2.57. The molecule has 2 saturated carbocycles. The minimum atomic E-state index is -0.432. The fourth-order valence-corrected chi connectivity index (χ4v) is 4.89. The van der Waals surface area contributed by atoms with Crippen molar-refractivity contribution in [1.82, 2.24) is 5.32 Å². The van der Waals surface area contributed by atoms with E-state index >= 15 is 0 Å². The summed E-state index contributed by atoms with van der Waals surface area (Å²) in [6.07, 6.45) is 6.36. The lowest BCUT2D eigenvalue weighted by Crippen LogP contribution is -2.63. The zero-order valence-corrected chi connectivity index (χ0v) is 13.6. The Kier molecular flexibility index (Phi) is 3.88. The Labute approximate surface area is 136 Å². The molecule has 0 radical (unpaired) electrons. The van der Waals surface area contributed by atoms with Crippen LogP contribution in [-0.4, -0.2) is 24.7 Å². The molecule has 1 aliphatic heterocycles. The molecule has 3 fully saturated rings. The SMILES string of the molecule is Cc1ccc(C(=O)N[C@H]2[C@H]3CCO[C@H]3[C@H]2C2CCCC2)c(F)c1. The van der Waals surface area contributed by atoms with E-state index in [0.717, 1.165) is 18.6 Å². The number of rotatable bonds is 3. The Morgan fingerprint density at radius 1 is 1.26 bits per heavy atom. The van der Waals surface area contributed by atoms with E-state index in [-0.39, 0.29) is 17.5 Å². The lowest BCUT2D eigenvalue weighted by atomic mass is 9.61. The van der Waals surface area contributed by atoms with Crippen molar-refractivity contribution in [3.8, 4) is 0 Å². The van der Waals surface area contributed by atoms with Crippen molar-refractivity contribution >= 4 is 5.91 Å². The van der Waals surface area contributed by atoms with E-state index in [9.17, 15) is 9.18 Å². The summed E-state index contributed by atoms with van der Waals surface area (Å²) in [5.74, 6) is 0.780. The van der Waals surface area contributed by atoms with Crippen molar-refractivity contribution in [1.29, 1.82) is 0 Å². The lowest BCUT2D eigenvalue weighted by Gasteiger charge is -2.50. The highest BCUT2D eigenvalue weighted by molar-refractivity contribution is 5.94. The number of hydrogen-bond donors (Lipinski definition) is 1. The van der Waals surface area contributed by atoms with Crippen molar-refractivity contribution in [2.45, 2.75) is 51.2 Å². The zero-order valence-electron chi connectivity index (χ0n) is 13.6. The first-order chi connectivity index (χ1) is 11.1. The van der Waals surface area contributed by atoms with Gasteiger partial charge in [0.05, 0.1) is 11.7 Å². The summed E-state index contributed by atoms with van der Waals surface area (Å²) in [6.45, 7) is 2.62. The van der Waals surface area contributed by atoms with Gasteiger partial charge in [-0.2, -0.15) is 0 Å². The number of ether oxygens (including phenoxy) is 1. The molecule has 4 heteroatoms. The molecule has 3 aliphatic rings. The molecule has 4 rings (SSSR count). The molecule has 1 heterocycles. The van der Waals surface area contributed by atoms with Gasteiger partial charge in [0.2, 0.25) is 0 Å². The van der Waals surface area contributed by atoms with Crippen molar-refractivity contribution in [2.75, 3.05) is 6.61 Å². The summed E-state index contributed by atoms with van der Waals surface area (Å²) in [5, 5.41) is 3.13. The molecule has 1 N–H and O–H groups in total. The predicted octanol–water partition coefficient (Wildman–Crippen LogP) is 3.46. The molecule has 1 amide bonds. The first-order valence-corrected chi connectivity index (χ1v) is 8.84. The molecule has 0 aromatic heterocycles. The predicted molar refractivity (Wildman–Crippen MR) is 85.7 cm³/mol. The molecule has 3 nitrogen and oxygen atoms in total. The molecule has 1 aromatic carbocycles. The summed E-state index contributed by atoms with van der Waals surface area (Å²) in [7, 11) is 0. The van der Waals surface area contributed by atoms with E-state index in [1.54, 1.807) is 12.1 Å². The van der Waals surface area contributed by atoms with Crippen molar-refractivity contribution in [2.24, 2.45) is 17.8 Å². The van der Waals surface area contributed by atoms with E-state index in [1.165, 1.54) is 31.7 Å². The van der Waals surface area contributed by atoms with E-state index in [0.29, 0.717) is 23.9 Å². The van der Waals surface area contributed by atoms with E-state index in [4.69, 9.17) is 4.74 Å². The molecular formula is C19H24FNO2. The quantitative estimate of drug-likeness (QED) is 0.927. The van der Waals surface area contributed by atoms with E-state index < -0.39 is 5.82 Å². The molecule has 1 aromatic rings. The minimum Gasteiger partial charge on any atom is -0.377 e. The van der Waals surface area contributed by atoms with Crippen LogP contribution in [0.4, 0.5) is 4.39 Å². The number of nitrogens with one attached hydrogen (secondary N) is 1. The summed E-state index contributed by atoms with van der Waals surface area (Å²) in [6, 6.07) is 4.95. The van der Waals surface area contributed by atoms with Crippen molar-refractivity contribution < 1.29 is 13.9 Å². The Morgan fingerprint density at radius 2 is 2.04 bits per heavy atom. The maximum atomic E-state index is 14.1. The van der Waals surface area contributed by atoms with Crippen LogP contribution in [0.2, 0.25) is 0 Å². The van der Waals surface area contributed by atoms with Gasteiger partial charge in [0, 0.05) is 24.5 Å². The van der Waals surface area contributed by atoms with Crippen LogP contribution in [0.5, 0.6) is 0 Å². The summed E-state index contributed by atoms with van der Waals surface area (Å²) in [4.78, 5) is 12.5. The number of amides is 1. The van der Waals surface area contributed by atoms with Gasteiger partial charge in [-0.15, -0.1) is 0 Å². The Morgan fingerprint density at radius 3 is 2.78 bits per heavy atom. The minimum absolute atomic E-state index is 0.152. The van der Waals surface area contributed by atoms with Gasteiger partial charge >= 0.3 is 0 Å². The molecule has 4 atom stereocenters. The van der Waals surface area contributed by atoms with Gasteiger partial charge in [0.1, 0.15) is 5.82 Å². The van der Waals surface area contributed by atoms with Gasteiger partial charge in [-0.25, -0.2) is 4.39 Å². The molecule has 0 unspecified atom stereocenters. The third-order valence-corrected chi connectivity index (χ3v) is 6.05. The second-order valence-electron chi connectivity index (χ2n) is 7.39. The first-order valence-electron chi connectivity index (χ1n) is 8.84. The van der Waals surface area contributed by atoms with Crippen molar-refractivity contribution in [3.05, 3.63) is 35.1 Å². The topological polar surface area (TPSA) is 38.3 Å². The molecular weight excluding hydrogens is 293 g/mol. The zero-order chi connectivity index (χ0) is 16.0. The van der Waals surface area contributed by atoms with Crippen LogP contribution in [0.25, 0.3) is 0 Å². The van der Waals surface area contributed by atoms with Gasteiger partial charge in [0.25, 0.3) is 5.91 Å². The summed E-state index contributed by atoms with van der Waals surface area (Å²) in [5.41, 5.74) is 0.985. The molecule has 2 aliphatic carbocycles. The van der Waals surface area contributed by atoms with Crippen LogP contribution in [0, 0.1) is 30.5 Å². The number of aryl methyl sites for hydroxylation is 1. The highest BCUT2D eigenvalue weighted by Gasteiger charge is 2.57. The van der Waals surface area contributed by atoms with Crippen LogP contribution in [0.3, 0.4) is 0 Å². The monoisotopic (exact) mass is 317 g/mol. The smallest absolute Gasteiger partial charge is 0.254 e. The molecule has 1 saturated heterocycles. The van der Waals surface area contributed by atoms with Gasteiger partial charge in [-0.3, -0.25) is 4.79 Å². The second kappa shape index (κ2) is 5.90. The lowest BCUT2D eigenvalue weighted by molar-refractivity contribution is -0.0784. The number of hydrogen-bond acceptors (Lipinski definition) is 2. The highest BCUT2D eigenvalue weighted by atomic mass is 19.1.